The molecule has 8 heteroatoms. The van der Waals surface area contributed by atoms with E-state index in [0.29, 0.717) is 17.2 Å². The van der Waals surface area contributed by atoms with Crippen molar-refractivity contribution in [2.45, 2.75) is 32.6 Å². The molecule has 7 nitrogen and oxygen atoms in total. The SMILES string of the molecule is CCc1cnc(N2CCC(Cc3ccc(-c4ccc(-n5cnnn5)cc4F)cc3)CC2)nc1. The highest BCUT2D eigenvalue weighted by Crippen LogP contribution is 2.27. The van der Waals surface area contributed by atoms with Crippen LogP contribution in [-0.2, 0) is 12.8 Å². The minimum absolute atomic E-state index is 0.294. The van der Waals surface area contributed by atoms with Crippen molar-refractivity contribution in [3.8, 4) is 16.8 Å². The molecule has 168 valence electrons. The lowest BCUT2D eigenvalue weighted by atomic mass is 9.89. The number of piperidine rings is 1. The number of rotatable bonds is 6. The van der Waals surface area contributed by atoms with E-state index in [1.54, 1.807) is 6.07 Å². The molecule has 1 fully saturated rings. The van der Waals surface area contributed by atoms with Gasteiger partial charge in [0.2, 0.25) is 5.95 Å². The maximum Gasteiger partial charge on any atom is 0.225 e. The van der Waals surface area contributed by atoms with Crippen molar-refractivity contribution in [3.05, 3.63) is 78.1 Å². The molecule has 0 aliphatic carbocycles. The number of anilines is 1. The second-order valence-electron chi connectivity index (χ2n) is 8.49. The highest BCUT2D eigenvalue weighted by Gasteiger charge is 2.21. The van der Waals surface area contributed by atoms with Crippen molar-refractivity contribution >= 4 is 5.95 Å². The summed E-state index contributed by atoms with van der Waals surface area (Å²) in [6, 6.07) is 13.3. The molecule has 1 aliphatic rings. The van der Waals surface area contributed by atoms with E-state index in [9.17, 15) is 4.39 Å². The molecular weight excluding hydrogens is 417 g/mol. The van der Waals surface area contributed by atoms with E-state index in [4.69, 9.17) is 0 Å². The number of nitrogens with zero attached hydrogens (tertiary/aromatic N) is 7. The third-order valence-electron chi connectivity index (χ3n) is 6.35. The first kappa shape index (κ1) is 21.2. The van der Waals surface area contributed by atoms with Crippen LogP contribution in [0.3, 0.4) is 0 Å². The zero-order chi connectivity index (χ0) is 22.6. The average molecular weight is 444 g/mol. The minimum atomic E-state index is -0.294. The van der Waals surface area contributed by atoms with Gasteiger partial charge in [-0.05, 0) is 70.9 Å². The quantitative estimate of drug-likeness (QED) is 0.443. The molecule has 1 saturated heterocycles. The van der Waals surface area contributed by atoms with Gasteiger partial charge in [0, 0.05) is 37.1 Å². The van der Waals surface area contributed by atoms with Crippen molar-refractivity contribution < 1.29 is 4.39 Å². The molecule has 3 heterocycles. The number of aryl methyl sites for hydroxylation is 1. The molecule has 33 heavy (non-hydrogen) atoms. The summed E-state index contributed by atoms with van der Waals surface area (Å²) in [6.45, 7) is 4.07. The summed E-state index contributed by atoms with van der Waals surface area (Å²) in [5, 5.41) is 11.0. The zero-order valence-corrected chi connectivity index (χ0v) is 18.6. The van der Waals surface area contributed by atoms with Gasteiger partial charge in [0.05, 0.1) is 5.69 Å². The maximum absolute atomic E-state index is 14.7. The van der Waals surface area contributed by atoms with Crippen LogP contribution in [0.2, 0.25) is 0 Å². The van der Waals surface area contributed by atoms with Crippen LogP contribution in [0.15, 0.2) is 61.2 Å². The van der Waals surface area contributed by atoms with E-state index in [1.165, 1.54) is 28.2 Å². The van der Waals surface area contributed by atoms with Gasteiger partial charge in [-0.1, -0.05) is 31.2 Å². The highest BCUT2D eigenvalue weighted by molar-refractivity contribution is 5.65. The molecule has 2 aromatic heterocycles. The van der Waals surface area contributed by atoms with Gasteiger partial charge in [0.15, 0.2) is 0 Å². The zero-order valence-electron chi connectivity index (χ0n) is 18.6. The number of benzene rings is 2. The van der Waals surface area contributed by atoms with E-state index in [1.807, 2.05) is 30.6 Å². The van der Waals surface area contributed by atoms with Crippen LogP contribution in [0, 0.1) is 11.7 Å². The minimum Gasteiger partial charge on any atom is -0.341 e. The number of hydrogen-bond donors (Lipinski definition) is 0. The first-order valence-electron chi connectivity index (χ1n) is 11.4. The Hall–Kier alpha value is -3.68. The first-order valence-corrected chi connectivity index (χ1v) is 11.4. The predicted octanol–water partition coefficient (Wildman–Crippen LogP) is 4.28. The van der Waals surface area contributed by atoms with Crippen LogP contribution in [0.5, 0.6) is 0 Å². The van der Waals surface area contributed by atoms with Gasteiger partial charge >= 0.3 is 0 Å². The van der Waals surface area contributed by atoms with Crippen molar-refractivity contribution in [3.63, 3.8) is 0 Å². The summed E-state index contributed by atoms with van der Waals surface area (Å²) in [5.74, 6) is 1.18. The molecule has 0 radical (unpaired) electrons. The van der Waals surface area contributed by atoms with Crippen LogP contribution in [0.4, 0.5) is 10.3 Å². The Labute approximate surface area is 192 Å². The molecule has 2 aromatic carbocycles. The topological polar surface area (TPSA) is 72.6 Å². The van der Waals surface area contributed by atoms with Gasteiger partial charge in [0.25, 0.3) is 0 Å². The fraction of sp³-hybridized carbons (Fsp3) is 0.320. The van der Waals surface area contributed by atoms with Gasteiger partial charge in [-0.25, -0.2) is 19.0 Å². The van der Waals surface area contributed by atoms with Gasteiger partial charge in [-0.15, -0.1) is 5.10 Å². The van der Waals surface area contributed by atoms with Gasteiger partial charge in [-0.3, -0.25) is 0 Å². The monoisotopic (exact) mass is 443 g/mol. The summed E-state index contributed by atoms with van der Waals surface area (Å²) in [5.41, 5.74) is 4.48. The standard InChI is InChI=1S/C25H26FN7/c1-2-18-15-27-25(28-16-18)32-11-9-20(10-12-32)13-19-3-5-21(6-4-19)23-8-7-22(14-24(23)26)33-17-29-30-31-33/h3-8,14-17,20H,2,9-13H2,1H3. The van der Waals surface area contributed by atoms with Gasteiger partial charge < -0.3 is 4.90 Å². The van der Waals surface area contributed by atoms with E-state index < -0.39 is 0 Å². The smallest absolute Gasteiger partial charge is 0.225 e. The molecule has 0 unspecified atom stereocenters. The molecule has 0 spiro atoms. The molecule has 4 aromatic rings. The van der Waals surface area contributed by atoms with Crippen LogP contribution >= 0.6 is 0 Å². The Kier molecular flexibility index (Phi) is 6.06. The molecule has 1 aliphatic heterocycles. The van der Waals surface area contributed by atoms with Crippen LogP contribution in [0.1, 0.15) is 30.9 Å². The Balaban J connectivity index is 1.19. The summed E-state index contributed by atoms with van der Waals surface area (Å²) in [4.78, 5) is 11.3. The van der Waals surface area contributed by atoms with E-state index in [0.717, 1.165) is 50.3 Å². The lowest BCUT2D eigenvalue weighted by Crippen LogP contribution is -2.35. The third-order valence-corrected chi connectivity index (χ3v) is 6.35. The van der Waals surface area contributed by atoms with Crippen molar-refractivity contribution in [2.75, 3.05) is 18.0 Å². The lowest BCUT2D eigenvalue weighted by molar-refractivity contribution is 0.400. The van der Waals surface area contributed by atoms with E-state index in [2.05, 4.69) is 49.4 Å². The van der Waals surface area contributed by atoms with E-state index >= 15 is 0 Å². The largest absolute Gasteiger partial charge is 0.341 e. The lowest BCUT2D eigenvalue weighted by Gasteiger charge is -2.32. The number of tetrazole rings is 1. The van der Waals surface area contributed by atoms with E-state index in [-0.39, 0.29) is 5.82 Å². The predicted molar refractivity (Wildman–Crippen MR) is 125 cm³/mol. The molecule has 5 rings (SSSR count). The fourth-order valence-electron chi connectivity index (χ4n) is 4.34. The Morgan fingerprint density at radius 2 is 1.73 bits per heavy atom. The summed E-state index contributed by atoms with van der Waals surface area (Å²) >= 11 is 0. The Bertz CT molecular complexity index is 1180. The summed E-state index contributed by atoms with van der Waals surface area (Å²) in [7, 11) is 0. The van der Waals surface area contributed by atoms with Gasteiger partial charge in [0.1, 0.15) is 12.1 Å². The van der Waals surface area contributed by atoms with Gasteiger partial charge in [-0.2, -0.15) is 0 Å². The highest BCUT2D eigenvalue weighted by atomic mass is 19.1. The molecule has 0 saturated carbocycles. The summed E-state index contributed by atoms with van der Waals surface area (Å²) < 4.78 is 16.2. The molecule has 0 N–H and O–H groups in total. The molecular formula is C25H26FN7. The number of halogens is 1. The van der Waals surface area contributed by atoms with Crippen molar-refractivity contribution in [2.24, 2.45) is 5.92 Å². The van der Waals surface area contributed by atoms with Crippen molar-refractivity contribution in [1.82, 2.24) is 30.2 Å². The van der Waals surface area contributed by atoms with Crippen molar-refractivity contribution in [1.29, 1.82) is 0 Å². The third kappa shape index (κ3) is 4.74. The molecule has 0 bridgehead atoms. The Morgan fingerprint density at radius 1 is 0.970 bits per heavy atom. The second kappa shape index (κ2) is 9.44. The first-order chi connectivity index (χ1) is 16.2. The number of hydrogen-bond acceptors (Lipinski definition) is 6. The fourth-order valence-corrected chi connectivity index (χ4v) is 4.34. The molecule has 0 amide bonds. The number of aromatic nitrogens is 6. The van der Waals surface area contributed by atoms with Crippen LogP contribution < -0.4 is 4.90 Å². The molecule has 0 atom stereocenters. The summed E-state index contributed by atoms with van der Waals surface area (Å²) in [6.07, 6.45) is 9.53. The normalized spacial score (nSPS) is 14.5. The Morgan fingerprint density at radius 3 is 2.36 bits per heavy atom. The maximum atomic E-state index is 14.7. The second-order valence-corrected chi connectivity index (χ2v) is 8.49. The van der Waals surface area contributed by atoms with Crippen LogP contribution in [-0.4, -0.2) is 43.3 Å². The van der Waals surface area contributed by atoms with Crippen LogP contribution in [0.25, 0.3) is 16.8 Å². The average Bonchev–Trinajstić information content (AvgIpc) is 3.40.